The number of alkyl carbamates (subject to hydrolysis) is 1. The smallest absolute Gasteiger partial charge is 0.407 e. The highest BCUT2D eigenvalue weighted by molar-refractivity contribution is 5.77. The van der Waals surface area contributed by atoms with Crippen molar-refractivity contribution >= 4 is 24.0 Å². The van der Waals surface area contributed by atoms with Crippen molar-refractivity contribution in [2.24, 2.45) is 10.5 Å². The number of esters is 3. The number of hydrogen-bond donors (Lipinski definition) is 1. The van der Waals surface area contributed by atoms with Crippen molar-refractivity contribution in [3.8, 4) is 0 Å². The number of benzene rings is 4. The normalized spacial score (nSPS) is 24.3. The number of carbonyl (C=O) groups is 4. The van der Waals surface area contributed by atoms with Crippen LogP contribution in [0.1, 0.15) is 49.9 Å². The fourth-order valence-electron chi connectivity index (χ4n) is 7.48. The van der Waals surface area contributed by atoms with Gasteiger partial charge < -0.3 is 57.4 Å². The molecule has 0 spiro atoms. The second-order valence-corrected chi connectivity index (χ2v) is 17.4. The van der Waals surface area contributed by atoms with E-state index in [0.717, 1.165) is 23.8 Å². The van der Waals surface area contributed by atoms with Crippen LogP contribution in [0.5, 0.6) is 0 Å². The number of methoxy groups -OCH3 is 1. The van der Waals surface area contributed by atoms with Gasteiger partial charge in [0.1, 0.15) is 49.8 Å². The van der Waals surface area contributed by atoms with Crippen LogP contribution in [-0.4, -0.2) is 112 Å². The molecule has 0 radical (unpaired) electrons. The van der Waals surface area contributed by atoms with Gasteiger partial charge in [0.15, 0.2) is 24.8 Å². The van der Waals surface area contributed by atoms with Gasteiger partial charge in [-0.3, -0.25) is 9.59 Å². The van der Waals surface area contributed by atoms with Crippen molar-refractivity contribution in [3.63, 3.8) is 0 Å². The third-order valence-corrected chi connectivity index (χ3v) is 11.0. The number of ether oxygens (including phenoxy) is 11. The van der Waals surface area contributed by atoms with E-state index in [0.29, 0.717) is 5.56 Å². The predicted octanol–water partition coefficient (Wildman–Crippen LogP) is 6.89. The Bertz CT molecular complexity index is 2300. The standard InChI is InChI=1S/C51H60N4O15/c1-33(56)62-32-38-40(63-28-34-18-10-6-11-19-34)41(64-29-35-20-12-7-13-21-35)39(54-55-52)47(67-38)68-43-42(65-30-36-22-14-8-15-23-36)45(70-49(58)51(2,3)4)48(69-44(43)46(57)60-5)61-27-26-53-50(59)66-31-37-24-16-9-17-25-37/h6-25,38-45,47-48H,26-32H2,1-5H3,(H,53,59)/t38-,39-,40-,41-,42+,43+,44-,45-,47-,48-/m1/s1. The maximum Gasteiger partial charge on any atom is 0.407 e. The first-order chi connectivity index (χ1) is 33.8. The lowest BCUT2D eigenvalue weighted by Crippen LogP contribution is -2.67. The summed E-state index contributed by atoms with van der Waals surface area (Å²) in [5.74, 6) is -2.24. The summed E-state index contributed by atoms with van der Waals surface area (Å²) in [5, 5.41) is 6.76. The Morgan fingerprint density at radius 1 is 0.643 bits per heavy atom. The number of nitrogens with zero attached hydrogens (tertiary/aromatic N) is 3. The van der Waals surface area contributed by atoms with Crippen molar-refractivity contribution in [3.05, 3.63) is 154 Å². The molecular formula is C51H60N4O15. The summed E-state index contributed by atoms with van der Waals surface area (Å²) in [6.45, 7) is 5.56. The SMILES string of the molecule is COC(=O)[C@@H]1O[C@@H](OCCNC(=O)OCc2ccccc2)[C@H](OC(=O)C(C)(C)C)[C@@H](OCc2ccccc2)[C@@H]1O[C@H]1O[C@H](COC(C)=O)[C@@H](OCc2ccccc2)[C@H](OCc2ccccc2)[C@H]1N=[N+]=[N-]. The van der Waals surface area contributed by atoms with E-state index in [1.807, 2.05) is 121 Å². The molecule has 19 heteroatoms. The lowest BCUT2D eigenvalue weighted by Gasteiger charge is -2.49. The average molecular weight is 969 g/mol. The van der Waals surface area contributed by atoms with Crippen LogP contribution in [0.25, 0.3) is 10.4 Å². The highest BCUT2D eigenvalue weighted by Gasteiger charge is 2.57. The minimum absolute atomic E-state index is 0.0186. The van der Waals surface area contributed by atoms with Gasteiger partial charge in [-0.2, -0.15) is 0 Å². The Kier molecular flexibility index (Phi) is 20.1. The van der Waals surface area contributed by atoms with Gasteiger partial charge in [0.25, 0.3) is 0 Å². The average Bonchev–Trinajstić information content (AvgIpc) is 3.36. The molecule has 1 N–H and O–H groups in total. The van der Waals surface area contributed by atoms with Gasteiger partial charge in [0.05, 0.1) is 39.0 Å². The zero-order chi connectivity index (χ0) is 49.9. The predicted molar refractivity (Wildman–Crippen MR) is 249 cm³/mol. The molecule has 10 atom stereocenters. The molecule has 374 valence electrons. The molecule has 2 aliphatic rings. The number of rotatable bonds is 22. The molecule has 4 aromatic rings. The Hall–Kier alpha value is -6.41. The van der Waals surface area contributed by atoms with Crippen molar-refractivity contribution < 1.29 is 71.3 Å². The molecule has 2 saturated heterocycles. The van der Waals surface area contributed by atoms with Crippen LogP contribution in [0.3, 0.4) is 0 Å². The van der Waals surface area contributed by atoms with E-state index in [1.165, 1.54) is 6.92 Å². The third kappa shape index (κ3) is 15.5. The number of hydrogen-bond acceptors (Lipinski definition) is 16. The van der Waals surface area contributed by atoms with Crippen LogP contribution < -0.4 is 5.32 Å². The first kappa shape index (κ1) is 53.0. The molecule has 2 fully saturated rings. The van der Waals surface area contributed by atoms with Gasteiger partial charge in [-0.05, 0) is 48.6 Å². The quantitative estimate of drug-likeness (QED) is 0.0211. The molecule has 70 heavy (non-hydrogen) atoms. The van der Waals surface area contributed by atoms with Gasteiger partial charge in [-0.15, -0.1) is 0 Å². The summed E-state index contributed by atoms with van der Waals surface area (Å²) in [5.41, 5.74) is 12.2. The summed E-state index contributed by atoms with van der Waals surface area (Å²) < 4.78 is 67.9. The molecule has 0 aromatic heterocycles. The fourth-order valence-corrected chi connectivity index (χ4v) is 7.48. The van der Waals surface area contributed by atoms with E-state index in [2.05, 4.69) is 15.3 Å². The Morgan fingerprint density at radius 3 is 1.66 bits per heavy atom. The molecule has 1 amide bonds. The van der Waals surface area contributed by atoms with Crippen LogP contribution in [0, 0.1) is 5.41 Å². The molecule has 0 bridgehead atoms. The number of nitrogens with one attached hydrogen (secondary N) is 1. The van der Waals surface area contributed by atoms with Crippen molar-refractivity contribution in [1.29, 1.82) is 0 Å². The Morgan fingerprint density at radius 2 is 1.16 bits per heavy atom. The minimum Gasteiger partial charge on any atom is -0.467 e. The van der Waals surface area contributed by atoms with E-state index in [1.54, 1.807) is 20.8 Å². The van der Waals surface area contributed by atoms with Gasteiger partial charge in [0, 0.05) is 18.4 Å². The third-order valence-electron chi connectivity index (χ3n) is 11.0. The first-order valence-corrected chi connectivity index (χ1v) is 22.8. The van der Waals surface area contributed by atoms with E-state index in [4.69, 9.17) is 52.1 Å². The molecule has 19 nitrogen and oxygen atoms in total. The monoisotopic (exact) mass is 968 g/mol. The minimum atomic E-state index is -1.68. The zero-order valence-corrected chi connectivity index (χ0v) is 39.7. The number of carbonyl (C=O) groups excluding carboxylic acids is 4. The van der Waals surface area contributed by atoms with Crippen molar-refractivity contribution in [1.82, 2.24) is 5.32 Å². The fraction of sp³-hybridized carbons (Fsp3) is 0.451. The molecule has 6 rings (SSSR count). The van der Waals surface area contributed by atoms with Crippen LogP contribution in [0.2, 0.25) is 0 Å². The van der Waals surface area contributed by atoms with Crippen LogP contribution in [0.15, 0.2) is 126 Å². The highest BCUT2D eigenvalue weighted by Crippen LogP contribution is 2.37. The molecule has 0 unspecified atom stereocenters. The number of azide groups is 1. The van der Waals surface area contributed by atoms with Gasteiger partial charge in [0.2, 0.25) is 0 Å². The van der Waals surface area contributed by atoms with Crippen molar-refractivity contribution in [2.75, 3.05) is 26.9 Å². The summed E-state index contributed by atoms with van der Waals surface area (Å²) in [7, 11) is 1.15. The van der Waals surface area contributed by atoms with E-state index >= 15 is 0 Å². The first-order valence-electron chi connectivity index (χ1n) is 22.8. The maximum absolute atomic E-state index is 14.0. The molecular weight excluding hydrogens is 909 g/mol. The Labute approximate surface area is 406 Å². The topological polar surface area (TPSA) is 231 Å². The summed E-state index contributed by atoms with van der Waals surface area (Å²) in [6.07, 6.45) is -13.2. The zero-order valence-electron chi connectivity index (χ0n) is 39.7. The van der Waals surface area contributed by atoms with Gasteiger partial charge in [-0.25, -0.2) is 9.59 Å². The maximum atomic E-state index is 14.0. The summed E-state index contributed by atoms with van der Waals surface area (Å²) in [4.78, 5) is 56.0. The summed E-state index contributed by atoms with van der Waals surface area (Å²) >= 11 is 0. The summed E-state index contributed by atoms with van der Waals surface area (Å²) in [6, 6.07) is 35.4. The van der Waals surface area contributed by atoms with Crippen LogP contribution in [0.4, 0.5) is 4.79 Å². The van der Waals surface area contributed by atoms with E-state index in [-0.39, 0.29) is 46.2 Å². The van der Waals surface area contributed by atoms with E-state index < -0.39 is 90.8 Å². The van der Waals surface area contributed by atoms with Crippen LogP contribution >= 0.6 is 0 Å². The van der Waals surface area contributed by atoms with Crippen molar-refractivity contribution in [2.45, 2.75) is 115 Å². The molecule has 0 aliphatic carbocycles. The lowest BCUT2D eigenvalue weighted by atomic mass is 9.94. The lowest BCUT2D eigenvalue weighted by molar-refractivity contribution is -0.350. The molecule has 4 aromatic carbocycles. The molecule has 2 heterocycles. The highest BCUT2D eigenvalue weighted by atomic mass is 16.8. The molecule has 0 saturated carbocycles. The second kappa shape index (κ2) is 26.5. The van der Waals surface area contributed by atoms with E-state index in [9.17, 15) is 24.7 Å². The van der Waals surface area contributed by atoms with Crippen LogP contribution in [-0.2, 0) is 92.9 Å². The number of amides is 1. The second-order valence-electron chi connectivity index (χ2n) is 17.4. The van der Waals surface area contributed by atoms with Gasteiger partial charge in [-0.1, -0.05) is 126 Å². The van der Waals surface area contributed by atoms with Gasteiger partial charge >= 0.3 is 24.0 Å². The molecule has 2 aliphatic heterocycles. The largest absolute Gasteiger partial charge is 0.467 e. The Balaban J connectivity index is 1.36.